The van der Waals surface area contributed by atoms with E-state index >= 15 is 0 Å². The van der Waals surface area contributed by atoms with Gasteiger partial charge in [0.25, 0.3) is 0 Å². The standard InChI is InChI=1S/C17H27NO2/c1-4-5-11-15(16(19)20)18-17(2,3)13-12-14-9-7-6-8-10-14/h6-10,15,18H,4-5,11-13H2,1-3H3,(H,19,20). The number of carboxylic acid groups (broad SMARTS) is 1. The van der Waals surface area contributed by atoms with E-state index in [-0.39, 0.29) is 5.54 Å². The van der Waals surface area contributed by atoms with Gasteiger partial charge in [-0.3, -0.25) is 10.1 Å². The number of hydrogen-bond acceptors (Lipinski definition) is 2. The fraction of sp³-hybridized carbons (Fsp3) is 0.588. The zero-order valence-corrected chi connectivity index (χ0v) is 12.9. The van der Waals surface area contributed by atoms with Crippen molar-refractivity contribution in [3.05, 3.63) is 35.9 Å². The lowest BCUT2D eigenvalue weighted by Crippen LogP contribution is -2.49. The highest BCUT2D eigenvalue weighted by Crippen LogP contribution is 2.16. The molecule has 0 amide bonds. The van der Waals surface area contributed by atoms with Crippen molar-refractivity contribution < 1.29 is 9.90 Å². The average Bonchev–Trinajstić information content (AvgIpc) is 2.42. The number of benzene rings is 1. The van der Waals surface area contributed by atoms with Crippen LogP contribution in [0.1, 0.15) is 52.0 Å². The molecule has 1 atom stereocenters. The fourth-order valence-electron chi connectivity index (χ4n) is 2.31. The Hall–Kier alpha value is -1.35. The summed E-state index contributed by atoms with van der Waals surface area (Å²) in [6.07, 6.45) is 4.54. The van der Waals surface area contributed by atoms with Gasteiger partial charge in [0.2, 0.25) is 0 Å². The molecule has 1 unspecified atom stereocenters. The van der Waals surface area contributed by atoms with E-state index in [1.807, 2.05) is 18.2 Å². The SMILES string of the molecule is CCCCC(NC(C)(C)CCc1ccccc1)C(=O)O. The predicted octanol–water partition coefficient (Wildman–Crippen LogP) is 3.63. The smallest absolute Gasteiger partial charge is 0.320 e. The average molecular weight is 277 g/mol. The number of carboxylic acids is 1. The largest absolute Gasteiger partial charge is 0.480 e. The molecular formula is C17H27NO2. The minimum atomic E-state index is -0.744. The van der Waals surface area contributed by atoms with Crippen molar-refractivity contribution in [2.45, 2.75) is 64.5 Å². The van der Waals surface area contributed by atoms with Gasteiger partial charge in [0, 0.05) is 5.54 Å². The normalized spacial score (nSPS) is 13.2. The first-order chi connectivity index (χ1) is 9.44. The summed E-state index contributed by atoms with van der Waals surface area (Å²) in [5, 5.41) is 12.6. The van der Waals surface area contributed by atoms with Crippen LogP contribution in [0.15, 0.2) is 30.3 Å². The Morgan fingerprint density at radius 3 is 2.50 bits per heavy atom. The van der Waals surface area contributed by atoms with Gasteiger partial charge in [0.1, 0.15) is 6.04 Å². The third kappa shape index (κ3) is 6.20. The summed E-state index contributed by atoms with van der Waals surface area (Å²) in [4.78, 5) is 11.3. The lowest BCUT2D eigenvalue weighted by atomic mass is 9.93. The molecule has 0 aliphatic rings. The highest BCUT2D eigenvalue weighted by molar-refractivity contribution is 5.73. The highest BCUT2D eigenvalue weighted by atomic mass is 16.4. The number of aryl methyl sites for hydroxylation is 1. The first-order valence-corrected chi connectivity index (χ1v) is 7.49. The summed E-state index contributed by atoms with van der Waals surface area (Å²) in [7, 11) is 0. The second-order valence-corrected chi connectivity index (χ2v) is 6.05. The van der Waals surface area contributed by atoms with Crippen LogP contribution in [0.5, 0.6) is 0 Å². The van der Waals surface area contributed by atoms with Crippen molar-refractivity contribution in [3.63, 3.8) is 0 Å². The number of carbonyl (C=O) groups is 1. The van der Waals surface area contributed by atoms with Crippen LogP contribution in [-0.2, 0) is 11.2 Å². The van der Waals surface area contributed by atoms with Crippen molar-refractivity contribution in [3.8, 4) is 0 Å². The summed E-state index contributed by atoms with van der Waals surface area (Å²) >= 11 is 0. The molecule has 3 heteroatoms. The van der Waals surface area contributed by atoms with Gasteiger partial charge in [0.15, 0.2) is 0 Å². The van der Waals surface area contributed by atoms with E-state index in [1.165, 1.54) is 5.56 Å². The van der Waals surface area contributed by atoms with Crippen LogP contribution in [-0.4, -0.2) is 22.7 Å². The minimum Gasteiger partial charge on any atom is -0.480 e. The molecule has 3 nitrogen and oxygen atoms in total. The summed E-state index contributed by atoms with van der Waals surface area (Å²) in [5.74, 6) is -0.744. The van der Waals surface area contributed by atoms with E-state index in [0.29, 0.717) is 6.42 Å². The highest BCUT2D eigenvalue weighted by Gasteiger charge is 2.25. The zero-order chi connectivity index (χ0) is 15.0. The third-order valence-electron chi connectivity index (χ3n) is 3.59. The Morgan fingerprint density at radius 2 is 1.95 bits per heavy atom. The van der Waals surface area contributed by atoms with Gasteiger partial charge in [-0.1, -0.05) is 50.1 Å². The molecule has 0 aliphatic heterocycles. The van der Waals surface area contributed by atoms with Crippen LogP contribution in [0.3, 0.4) is 0 Å². The van der Waals surface area contributed by atoms with Crippen LogP contribution < -0.4 is 5.32 Å². The maximum Gasteiger partial charge on any atom is 0.320 e. The van der Waals surface area contributed by atoms with Gasteiger partial charge < -0.3 is 5.11 Å². The number of unbranched alkanes of at least 4 members (excludes halogenated alkanes) is 1. The van der Waals surface area contributed by atoms with Crippen LogP contribution in [0.25, 0.3) is 0 Å². The molecule has 0 fully saturated rings. The summed E-state index contributed by atoms with van der Waals surface area (Å²) in [5.41, 5.74) is 1.12. The molecule has 1 aromatic carbocycles. The van der Waals surface area contributed by atoms with Crippen LogP contribution in [0, 0.1) is 0 Å². The molecule has 0 radical (unpaired) electrons. The first kappa shape index (κ1) is 16.7. The second kappa shape index (κ2) is 8.05. The molecule has 1 aromatic rings. The zero-order valence-electron chi connectivity index (χ0n) is 12.9. The van der Waals surface area contributed by atoms with E-state index in [2.05, 4.69) is 38.2 Å². The lowest BCUT2D eigenvalue weighted by Gasteiger charge is -2.30. The first-order valence-electron chi connectivity index (χ1n) is 7.49. The minimum absolute atomic E-state index is 0.174. The number of hydrogen-bond donors (Lipinski definition) is 2. The Bertz CT molecular complexity index is 401. The topological polar surface area (TPSA) is 49.3 Å². The Kier molecular flexibility index (Phi) is 6.73. The summed E-state index contributed by atoms with van der Waals surface area (Å²) in [6, 6.07) is 9.87. The van der Waals surface area contributed by atoms with Gasteiger partial charge in [-0.05, 0) is 38.7 Å². The summed E-state index contributed by atoms with van der Waals surface area (Å²) in [6.45, 7) is 6.25. The van der Waals surface area contributed by atoms with Gasteiger partial charge >= 0.3 is 5.97 Å². The van der Waals surface area contributed by atoms with Crippen molar-refractivity contribution in [2.75, 3.05) is 0 Å². The maximum atomic E-state index is 11.3. The molecule has 112 valence electrons. The van der Waals surface area contributed by atoms with Crippen molar-refractivity contribution in [1.82, 2.24) is 5.32 Å². The molecule has 0 saturated heterocycles. The number of rotatable bonds is 9. The quantitative estimate of drug-likeness (QED) is 0.724. The van der Waals surface area contributed by atoms with Crippen molar-refractivity contribution in [2.24, 2.45) is 0 Å². The molecule has 1 rings (SSSR count). The van der Waals surface area contributed by atoms with Gasteiger partial charge in [0.05, 0.1) is 0 Å². The molecular weight excluding hydrogens is 250 g/mol. The fourth-order valence-corrected chi connectivity index (χ4v) is 2.31. The number of nitrogens with one attached hydrogen (secondary N) is 1. The Labute approximate surface area is 122 Å². The molecule has 0 aliphatic carbocycles. The van der Waals surface area contributed by atoms with Gasteiger partial charge in [-0.25, -0.2) is 0 Å². The van der Waals surface area contributed by atoms with Crippen molar-refractivity contribution >= 4 is 5.97 Å². The van der Waals surface area contributed by atoms with E-state index in [1.54, 1.807) is 0 Å². The van der Waals surface area contributed by atoms with Gasteiger partial charge in [-0.15, -0.1) is 0 Å². The van der Waals surface area contributed by atoms with Crippen LogP contribution >= 0.6 is 0 Å². The maximum absolute atomic E-state index is 11.3. The molecule has 2 N–H and O–H groups in total. The van der Waals surface area contributed by atoms with Crippen LogP contribution in [0.4, 0.5) is 0 Å². The van der Waals surface area contributed by atoms with E-state index in [4.69, 9.17) is 0 Å². The second-order valence-electron chi connectivity index (χ2n) is 6.05. The van der Waals surface area contributed by atoms with E-state index in [0.717, 1.165) is 25.7 Å². The van der Waals surface area contributed by atoms with E-state index < -0.39 is 12.0 Å². The predicted molar refractivity (Wildman–Crippen MR) is 82.9 cm³/mol. The van der Waals surface area contributed by atoms with E-state index in [9.17, 15) is 9.90 Å². The Balaban J connectivity index is 2.51. The number of aliphatic carboxylic acids is 1. The molecule has 0 bridgehead atoms. The molecule has 0 saturated carbocycles. The lowest BCUT2D eigenvalue weighted by molar-refractivity contribution is -0.140. The van der Waals surface area contributed by atoms with Crippen molar-refractivity contribution in [1.29, 1.82) is 0 Å². The molecule has 20 heavy (non-hydrogen) atoms. The summed E-state index contributed by atoms with van der Waals surface area (Å²) < 4.78 is 0. The molecule has 0 heterocycles. The van der Waals surface area contributed by atoms with Crippen LogP contribution in [0.2, 0.25) is 0 Å². The third-order valence-corrected chi connectivity index (χ3v) is 3.59. The molecule has 0 spiro atoms. The molecule has 0 aromatic heterocycles. The Morgan fingerprint density at radius 1 is 1.30 bits per heavy atom. The monoisotopic (exact) mass is 277 g/mol. The van der Waals surface area contributed by atoms with Gasteiger partial charge in [-0.2, -0.15) is 0 Å².